The summed E-state index contributed by atoms with van der Waals surface area (Å²) in [5.41, 5.74) is 3.52. The molecule has 0 spiro atoms. The van der Waals surface area contributed by atoms with Crippen molar-refractivity contribution in [1.82, 2.24) is 0 Å². The predicted molar refractivity (Wildman–Crippen MR) is 68.6 cm³/mol. The van der Waals surface area contributed by atoms with Gasteiger partial charge >= 0.3 is 0 Å². The number of aliphatic hydroxyl groups is 1. The summed E-state index contributed by atoms with van der Waals surface area (Å²) in [4.78, 5) is 0. The van der Waals surface area contributed by atoms with E-state index in [9.17, 15) is 0 Å². The molecule has 17 heavy (non-hydrogen) atoms. The van der Waals surface area contributed by atoms with E-state index in [0.717, 1.165) is 5.56 Å². The first-order valence-electron chi connectivity index (χ1n) is 5.74. The fourth-order valence-corrected chi connectivity index (χ4v) is 1.79. The fourth-order valence-electron chi connectivity index (χ4n) is 1.79. The van der Waals surface area contributed by atoms with Crippen LogP contribution in [-0.4, -0.2) is 18.3 Å². The maximum absolute atomic E-state index is 8.71. The first-order chi connectivity index (χ1) is 8.42. The van der Waals surface area contributed by atoms with E-state index in [-0.39, 0.29) is 6.61 Å². The number of hydrogen-bond donors (Lipinski definition) is 1. The van der Waals surface area contributed by atoms with Gasteiger partial charge in [0.05, 0.1) is 19.8 Å². The second-order valence-corrected chi connectivity index (χ2v) is 3.80. The summed E-state index contributed by atoms with van der Waals surface area (Å²) >= 11 is 0. The second-order valence-electron chi connectivity index (χ2n) is 3.80. The third-order valence-corrected chi connectivity index (χ3v) is 2.60. The Morgan fingerprint density at radius 2 is 1.59 bits per heavy atom. The first kappa shape index (κ1) is 11.8. The Morgan fingerprint density at radius 3 is 2.35 bits per heavy atom. The second kappa shape index (κ2) is 6.18. The molecule has 0 aliphatic rings. The highest BCUT2D eigenvalue weighted by Gasteiger charge is 2.03. The number of ether oxygens (including phenoxy) is 1. The van der Waals surface area contributed by atoms with Crippen molar-refractivity contribution in [1.29, 1.82) is 0 Å². The van der Waals surface area contributed by atoms with Gasteiger partial charge in [0.2, 0.25) is 0 Å². The molecule has 2 aromatic carbocycles. The van der Waals surface area contributed by atoms with Crippen molar-refractivity contribution in [3.8, 4) is 11.1 Å². The molecule has 2 heteroatoms. The van der Waals surface area contributed by atoms with Gasteiger partial charge in [0.25, 0.3) is 0 Å². The quantitative estimate of drug-likeness (QED) is 0.797. The van der Waals surface area contributed by atoms with Crippen molar-refractivity contribution < 1.29 is 9.84 Å². The van der Waals surface area contributed by atoms with Crippen LogP contribution in [0, 0.1) is 0 Å². The predicted octanol–water partition coefficient (Wildman–Crippen LogP) is 2.86. The van der Waals surface area contributed by atoms with Crippen LogP contribution in [0.2, 0.25) is 0 Å². The molecule has 0 fully saturated rings. The standard InChI is InChI=1S/C15H16O2/c16-10-11-17-12-14-8-4-5-9-15(14)13-6-2-1-3-7-13/h1-9,16H,10-12H2. The average Bonchev–Trinajstić information content (AvgIpc) is 2.41. The highest BCUT2D eigenvalue weighted by atomic mass is 16.5. The van der Waals surface area contributed by atoms with E-state index in [1.807, 2.05) is 30.3 Å². The van der Waals surface area contributed by atoms with Gasteiger partial charge in [-0.05, 0) is 16.7 Å². The van der Waals surface area contributed by atoms with Gasteiger partial charge in [0.1, 0.15) is 0 Å². The smallest absolute Gasteiger partial charge is 0.0724 e. The Morgan fingerprint density at radius 1 is 0.882 bits per heavy atom. The van der Waals surface area contributed by atoms with Crippen molar-refractivity contribution in [3.05, 3.63) is 60.2 Å². The molecule has 0 radical (unpaired) electrons. The molecule has 1 N–H and O–H groups in total. The molecule has 0 unspecified atom stereocenters. The lowest BCUT2D eigenvalue weighted by Crippen LogP contribution is -2.00. The van der Waals surface area contributed by atoms with E-state index in [1.165, 1.54) is 11.1 Å². The van der Waals surface area contributed by atoms with Gasteiger partial charge in [0, 0.05) is 0 Å². The van der Waals surface area contributed by atoms with Gasteiger partial charge in [-0.15, -0.1) is 0 Å². The van der Waals surface area contributed by atoms with Crippen molar-refractivity contribution >= 4 is 0 Å². The summed E-state index contributed by atoms with van der Waals surface area (Å²) in [5, 5.41) is 8.71. The molecule has 0 saturated carbocycles. The Balaban J connectivity index is 2.22. The highest BCUT2D eigenvalue weighted by Crippen LogP contribution is 2.23. The Kier molecular flexibility index (Phi) is 4.30. The Bertz CT molecular complexity index is 451. The molecule has 2 nitrogen and oxygen atoms in total. The van der Waals surface area contributed by atoms with E-state index in [1.54, 1.807) is 0 Å². The number of hydrogen-bond acceptors (Lipinski definition) is 2. The SMILES string of the molecule is OCCOCc1ccccc1-c1ccccc1. The molecule has 2 rings (SSSR count). The molecule has 0 atom stereocenters. The van der Waals surface area contributed by atoms with Crippen LogP contribution in [0.5, 0.6) is 0 Å². The summed E-state index contributed by atoms with van der Waals surface area (Å²) < 4.78 is 5.38. The van der Waals surface area contributed by atoms with Gasteiger partial charge in [-0.3, -0.25) is 0 Å². The van der Waals surface area contributed by atoms with Crippen molar-refractivity contribution in [3.63, 3.8) is 0 Å². The lowest BCUT2D eigenvalue weighted by Gasteiger charge is -2.09. The molecule has 88 valence electrons. The van der Waals surface area contributed by atoms with Crippen molar-refractivity contribution in [2.45, 2.75) is 6.61 Å². The topological polar surface area (TPSA) is 29.5 Å². The average molecular weight is 228 g/mol. The van der Waals surface area contributed by atoms with E-state index < -0.39 is 0 Å². The molecular weight excluding hydrogens is 212 g/mol. The van der Waals surface area contributed by atoms with Crippen molar-refractivity contribution in [2.24, 2.45) is 0 Å². The minimum atomic E-state index is 0.0630. The van der Waals surface area contributed by atoms with E-state index in [0.29, 0.717) is 13.2 Å². The molecular formula is C15H16O2. The van der Waals surface area contributed by atoms with Crippen molar-refractivity contribution in [2.75, 3.05) is 13.2 Å². The largest absolute Gasteiger partial charge is 0.394 e. The van der Waals surface area contributed by atoms with Crippen LogP contribution in [0.1, 0.15) is 5.56 Å². The number of rotatable bonds is 5. The van der Waals surface area contributed by atoms with Crippen LogP contribution >= 0.6 is 0 Å². The molecule has 0 bridgehead atoms. The van der Waals surface area contributed by atoms with Crippen LogP contribution in [0.3, 0.4) is 0 Å². The molecule has 0 amide bonds. The monoisotopic (exact) mass is 228 g/mol. The third kappa shape index (κ3) is 3.16. The van der Waals surface area contributed by atoms with Crippen LogP contribution in [-0.2, 0) is 11.3 Å². The van der Waals surface area contributed by atoms with Gasteiger partial charge in [-0.25, -0.2) is 0 Å². The normalized spacial score (nSPS) is 10.4. The summed E-state index contributed by atoms with van der Waals surface area (Å²) in [6.45, 7) is 0.974. The van der Waals surface area contributed by atoms with Gasteiger partial charge in [0.15, 0.2) is 0 Å². The van der Waals surface area contributed by atoms with Crippen LogP contribution in [0.25, 0.3) is 11.1 Å². The zero-order valence-electron chi connectivity index (χ0n) is 9.67. The molecule has 0 aliphatic heterocycles. The van der Waals surface area contributed by atoms with E-state index in [2.05, 4.69) is 24.3 Å². The van der Waals surface area contributed by atoms with Crippen LogP contribution < -0.4 is 0 Å². The number of benzene rings is 2. The zero-order chi connectivity index (χ0) is 11.9. The summed E-state index contributed by atoms with van der Waals surface area (Å²) in [6.07, 6.45) is 0. The first-order valence-corrected chi connectivity index (χ1v) is 5.74. The number of aliphatic hydroxyl groups excluding tert-OH is 1. The Hall–Kier alpha value is -1.64. The zero-order valence-corrected chi connectivity index (χ0v) is 9.67. The summed E-state index contributed by atoms with van der Waals surface area (Å²) in [6, 6.07) is 18.4. The lowest BCUT2D eigenvalue weighted by molar-refractivity contribution is 0.0818. The summed E-state index contributed by atoms with van der Waals surface area (Å²) in [5.74, 6) is 0. The fraction of sp³-hybridized carbons (Fsp3) is 0.200. The van der Waals surface area contributed by atoms with Gasteiger partial charge in [-0.1, -0.05) is 54.6 Å². The maximum Gasteiger partial charge on any atom is 0.0724 e. The third-order valence-electron chi connectivity index (χ3n) is 2.60. The molecule has 0 heterocycles. The van der Waals surface area contributed by atoms with Crippen LogP contribution in [0.15, 0.2) is 54.6 Å². The van der Waals surface area contributed by atoms with Gasteiger partial charge in [-0.2, -0.15) is 0 Å². The lowest BCUT2D eigenvalue weighted by atomic mass is 10.0. The minimum Gasteiger partial charge on any atom is -0.394 e. The molecule has 2 aromatic rings. The molecule has 0 saturated heterocycles. The van der Waals surface area contributed by atoms with Gasteiger partial charge < -0.3 is 9.84 Å². The highest BCUT2D eigenvalue weighted by molar-refractivity contribution is 5.66. The van der Waals surface area contributed by atoms with E-state index >= 15 is 0 Å². The molecule has 0 aliphatic carbocycles. The minimum absolute atomic E-state index is 0.0630. The van der Waals surface area contributed by atoms with Crippen LogP contribution in [0.4, 0.5) is 0 Å². The summed E-state index contributed by atoms with van der Waals surface area (Å²) in [7, 11) is 0. The molecule has 0 aromatic heterocycles. The Labute approximate surface area is 101 Å². The van der Waals surface area contributed by atoms with E-state index in [4.69, 9.17) is 9.84 Å². The maximum atomic E-state index is 8.71.